The Morgan fingerprint density at radius 3 is 2.58 bits per heavy atom. The zero-order valence-electron chi connectivity index (χ0n) is 20.6. The number of thioether (sulfide) groups is 1. The highest BCUT2D eigenvalue weighted by Crippen LogP contribution is 2.39. The fourth-order valence-corrected chi connectivity index (χ4v) is 5.34. The van der Waals surface area contributed by atoms with E-state index in [1.165, 1.54) is 4.90 Å². The summed E-state index contributed by atoms with van der Waals surface area (Å²) >= 11 is 1.70. The lowest BCUT2D eigenvalue weighted by atomic mass is 9.99. The third-order valence-electron chi connectivity index (χ3n) is 6.91. The number of fused-ring (bicyclic) bond motifs is 1. The maximum atomic E-state index is 13.3. The average molecular weight is 503 g/mol. The SMILES string of the molecule is COc1cc(-c2ccc(SC)cc2)cc2c1OCCN(C(=O)CN1C[C@H](c3ccccc3)CC1=O)C2. The van der Waals surface area contributed by atoms with E-state index in [-0.39, 0.29) is 24.3 Å². The van der Waals surface area contributed by atoms with Gasteiger partial charge in [0, 0.05) is 35.9 Å². The van der Waals surface area contributed by atoms with E-state index in [0.29, 0.717) is 44.2 Å². The number of nitrogens with zero attached hydrogens (tertiary/aromatic N) is 2. The largest absolute Gasteiger partial charge is 0.493 e. The number of rotatable bonds is 6. The van der Waals surface area contributed by atoms with E-state index in [0.717, 1.165) is 22.3 Å². The average Bonchev–Trinajstić information content (AvgIpc) is 3.14. The van der Waals surface area contributed by atoms with Crippen molar-refractivity contribution in [1.82, 2.24) is 9.80 Å². The van der Waals surface area contributed by atoms with Gasteiger partial charge in [0.2, 0.25) is 11.8 Å². The maximum absolute atomic E-state index is 13.3. The molecule has 2 aliphatic heterocycles. The molecule has 1 saturated heterocycles. The molecule has 186 valence electrons. The van der Waals surface area contributed by atoms with Crippen molar-refractivity contribution in [2.75, 3.05) is 39.6 Å². The van der Waals surface area contributed by atoms with Gasteiger partial charge < -0.3 is 19.3 Å². The van der Waals surface area contributed by atoms with Crippen molar-refractivity contribution in [2.24, 2.45) is 0 Å². The molecular formula is C29H30N2O4S. The summed E-state index contributed by atoms with van der Waals surface area (Å²) in [6.45, 7) is 1.89. The Labute approximate surface area is 216 Å². The van der Waals surface area contributed by atoms with Crippen molar-refractivity contribution in [3.8, 4) is 22.6 Å². The number of methoxy groups -OCH3 is 1. The third kappa shape index (κ3) is 5.07. The van der Waals surface area contributed by atoms with Crippen molar-refractivity contribution in [3.05, 3.63) is 77.9 Å². The van der Waals surface area contributed by atoms with E-state index in [4.69, 9.17) is 9.47 Å². The van der Waals surface area contributed by atoms with E-state index in [2.05, 4.69) is 36.6 Å². The molecule has 0 aliphatic carbocycles. The molecule has 1 fully saturated rings. The maximum Gasteiger partial charge on any atom is 0.242 e. The summed E-state index contributed by atoms with van der Waals surface area (Å²) in [4.78, 5) is 30.7. The number of likely N-dealkylation sites (tertiary alicyclic amines) is 1. The normalized spacial score (nSPS) is 17.4. The van der Waals surface area contributed by atoms with Gasteiger partial charge in [0.05, 0.1) is 20.2 Å². The molecule has 0 aromatic heterocycles. The van der Waals surface area contributed by atoms with Gasteiger partial charge in [-0.3, -0.25) is 9.59 Å². The number of carbonyl (C=O) groups is 2. The molecule has 3 aromatic rings. The second-order valence-electron chi connectivity index (χ2n) is 9.15. The first-order valence-electron chi connectivity index (χ1n) is 12.1. The van der Waals surface area contributed by atoms with Crippen LogP contribution in [0, 0.1) is 0 Å². The van der Waals surface area contributed by atoms with Crippen LogP contribution in [0.5, 0.6) is 11.5 Å². The van der Waals surface area contributed by atoms with Crippen LogP contribution in [0.25, 0.3) is 11.1 Å². The Kier molecular flexibility index (Phi) is 7.18. The van der Waals surface area contributed by atoms with E-state index >= 15 is 0 Å². The molecule has 5 rings (SSSR count). The molecular weight excluding hydrogens is 472 g/mol. The lowest BCUT2D eigenvalue weighted by Gasteiger charge is -2.24. The predicted octanol–water partition coefficient (Wildman–Crippen LogP) is 4.82. The van der Waals surface area contributed by atoms with Gasteiger partial charge in [0.15, 0.2) is 11.5 Å². The summed E-state index contributed by atoms with van der Waals surface area (Å²) in [6.07, 6.45) is 2.50. The van der Waals surface area contributed by atoms with Crippen LogP contribution >= 0.6 is 11.8 Å². The standard InChI is InChI=1S/C29H30N2O4S/c1-34-26-15-22(21-8-10-25(36-2)11-9-21)14-24-18-30(12-13-35-29(24)26)28(33)19-31-17-23(16-27(31)32)20-6-4-3-5-7-20/h3-11,14-15,23H,12-13,16-19H2,1-2H3/t23-/m1/s1. The van der Waals surface area contributed by atoms with Gasteiger partial charge in [0.1, 0.15) is 6.61 Å². The second-order valence-corrected chi connectivity index (χ2v) is 10.0. The van der Waals surface area contributed by atoms with Gasteiger partial charge in [-0.2, -0.15) is 0 Å². The number of amides is 2. The van der Waals surface area contributed by atoms with E-state index in [1.54, 1.807) is 28.7 Å². The Hall–Kier alpha value is -3.45. The summed E-state index contributed by atoms with van der Waals surface area (Å²) in [6, 6.07) is 22.5. The first kappa shape index (κ1) is 24.3. The molecule has 2 amide bonds. The highest BCUT2D eigenvalue weighted by Gasteiger charge is 2.33. The molecule has 6 nitrogen and oxygen atoms in total. The minimum Gasteiger partial charge on any atom is -0.493 e. The van der Waals surface area contributed by atoms with Crippen molar-refractivity contribution in [1.29, 1.82) is 0 Å². The first-order chi connectivity index (χ1) is 17.6. The highest BCUT2D eigenvalue weighted by atomic mass is 32.2. The zero-order chi connectivity index (χ0) is 25.1. The first-order valence-corrected chi connectivity index (χ1v) is 13.4. The van der Waals surface area contributed by atoms with Crippen LogP contribution < -0.4 is 9.47 Å². The molecule has 1 atom stereocenters. The van der Waals surface area contributed by atoms with Crippen molar-refractivity contribution in [3.63, 3.8) is 0 Å². The topological polar surface area (TPSA) is 59.1 Å². The van der Waals surface area contributed by atoms with Crippen LogP contribution in [0.3, 0.4) is 0 Å². The van der Waals surface area contributed by atoms with Crippen LogP contribution in [0.2, 0.25) is 0 Å². The Bertz CT molecular complexity index is 1250. The lowest BCUT2D eigenvalue weighted by Crippen LogP contribution is -2.41. The Morgan fingerprint density at radius 2 is 1.86 bits per heavy atom. The second kappa shape index (κ2) is 10.7. The van der Waals surface area contributed by atoms with Crippen LogP contribution in [-0.4, -0.2) is 61.2 Å². The Morgan fingerprint density at radius 1 is 1.08 bits per heavy atom. The van der Waals surface area contributed by atoms with Crippen LogP contribution in [0.4, 0.5) is 0 Å². The fraction of sp³-hybridized carbons (Fsp3) is 0.310. The fourth-order valence-electron chi connectivity index (χ4n) is 4.94. The minimum atomic E-state index is -0.0674. The molecule has 0 N–H and O–H groups in total. The molecule has 3 aromatic carbocycles. The van der Waals surface area contributed by atoms with Gasteiger partial charge in [0.25, 0.3) is 0 Å². The number of benzene rings is 3. The summed E-state index contributed by atoms with van der Waals surface area (Å²) in [5.41, 5.74) is 4.13. The van der Waals surface area contributed by atoms with E-state index in [1.807, 2.05) is 36.4 Å². The summed E-state index contributed by atoms with van der Waals surface area (Å²) in [7, 11) is 1.63. The molecule has 0 unspecified atom stereocenters. The van der Waals surface area contributed by atoms with Crippen LogP contribution in [0.1, 0.15) is 23.5 Å². The molecule has 36 heavy (non-hydrogen) atoms. The number of hydrogen-bond acceptors (Lipinski definition) is 5. The van der Waals surface area contributed by atoms with Gasteiger partial charge in [-0.1, -0.05) is 42.5 Å². The quantitative estimate of drug-likeness (QED) is 0.453. The molecule has 2 aliphatic rings. The molecule has 0 bridgehead atoms. The molecule has 0 spiro atoms. The number of carbonyl (C=O) groups excluding carboxylic acids is 2. The predicted molar refractivity (Wildman–Crippen MR) is 142 cm³/mol. The van der Waals surface area contributed by atoms with E-state index in [9.17, 15) is 9.59 Å². The smallest absolute Gasteiger partial charge is 0.242 e. The Balaban J connectivity index is 1.33. The summed E-state index contributed by atoms with van der Waals surface area (Å²) in [5, 5.41) is 0. The van der Waals surface area contributed by atoms with E-state index < -0.39 is 0 Å². The summed E-state index contributed by atoms with van der Waals surface area (Å²) in [5.74, 6) is 1.43. The van der Waals surface area contributed by atoms with Gasteiger partial charge in [-0.25, -0.2) is 0 Å². The molecule has 0 radical (unpaired) electrons. The van der Waals surface area contributed by atoms with Gasteiger partial charge in [-0.05, 0) is 47.2 Å². The molecule has 0 saturated carbocycles. The van der Waals surface area contributed by atoms with Crippen LogP contribution in [-0.2, 0) is 16.1 Å². The van der Waals surface area contributed by atoms with Gasteiger partial charge in [-0.15, -0.1) is 11.8 Å². The van der Waals surface area contributed by atoms with Crippen molar-refractivity contribution in [2.45, 2.75) is 23.8 Å². The van der Waals surface area contributed by atoms with Crippen LogP contribution in [0.15, 0.2) is 71.6 Å². The molecule has 7 heteroatoms. The van der Waals surface area contributed by atoms with Gasteiger partial charge >= 0.3 is 0 Å². The highest BCUT2D eigenvalue weighted by molar-refractivity contribution is 7.98. The summed E-state index contributed by atoms with van der Waals surface area (Å²) < 4.78 is 11.7. The van der Waals surface area contributed by atoms with Crippen molar-refractivity contribution >= 4 is 23.6 Å². The van der Waals surface area contributed by atoms with Crippen molar-refractivity contribution < 1.29 is 19.1 Å². The lowest BCUT2D eigenvalue weighted by molar-refractivity contribution is -0.138. The zero-order valence-corrected chi connectivity index (χ0v) is 21.4. The minimum absolute atomic E-state index is 0.0290. The molecule has 2 heterocycles. The number of hydrogen-bond donors (Lipinski definition) is 0. The monoisotopic (exact) mass is 502 g/mol. The number of ether oxygens (including phenoxy) is 2. The third-order valence-corrected chi connectivity index (χ3v) is 7.65.